The Labute approximate surface area is 125 Å². The number of aryl methyl sites for hydroxylation is 1. The second-order valence-electron chi connectivity index (χ2n) is 4.39. The van der Waals surface area contributed by atoms with E-state index in [1.54, 1.807) is 11.8 Å². The summed E-state index contributed by atoms with van der Waals surface area (Å²) < 4.78 is 5.20. The van der Waals surface area contributed by atoms with Gasteiger partial charge in [0.1, 0.15) is 0 Å². The first-order valence-electron chi connectivity index (χ1n) is 7.01. The van der Waals surface area contributed by atoms with E-state index in [0.717, 1.165) is 18.8 Å². The first kappa shape index (κ1) is 16.9. The van der Waals surface area contributed by atoms with Crippen LogP contribution in [0.25, 0.3) is 0 Å². The lowest BCUT2D eigenvalue weighted by Crippen LogP contribution is -2.37. The number of carbonyl (C=O) groups excluding carboxylic acids is 1. The van der Waals surface area contributed by atoms with Crippen molar-refractivity contribution in [3.8, 4) is 0 Å². The molecule has 1 rings (SSSR count). The van der Waals surface area contributed by atoms with E-state index in [9.17, 15) is 4.79 Å². The second kappa shape index (κ2) is 10.6. The molecule has 0 bridgehead atoms. The number of ether oxygens (including phenoxy) is 1. The Morgan fingerprint density at radius 3 is 2.60 bits per heavy atom. The monoisotopic (exact) mass is 296 g/mol. The van der Waals surface area contributed by atoms with Gasteiger partial charge in [0, 0.05) is 37.0 Å². The Morgan fingerprint density at radius 2 is 1.90 bits per heavy atom. The zero-order valence-electron chi connectivity index (χ0n) is 12.3. The van der Waals surface area contributed by atoms with Gasteiger partial charge in [-0.3, -0.25) is 0 Å². The summed E-state index contributed by atoms with van der Waals surface area (Å²) in [6.07, 6.45) is 0.847. The van der Waals surface area contributed by atoms with Crippen LogP contribution in [0.15, 0.2) is 29.2 Å². The van der Waals surface area contributed by atoms with Crippen LogP contribution in [0, 0.1) is 6.92 Å². The van der Waals surface area contributed by atoms with Gasteiger partial charge in [-0.2, -0.15) is 0 Å². The molecule has 4 nitrogen and oxygen atoms in total. The molecule has 0 saturated heterocycles. The van der Waals surface area contributed by atoms with E-state index in [1.807, 2.05) is 6.92 Å². The summed E-state index contributed by atoms with van der Waals surface area (Å²) in [5, 5.41) is 5.65. The van der Waals surface area contributed by atoms with Crippen LogP contribution in [0.4, 0.5) is 4.79 Å². The van der Waals surface area contributed by atoms with Crippen molar-refractivity contribution in [2.75, 3.05) is 32.1 Å². The van der Waals surface area contributed by atoms with Gasteiger partial charge in [-0.15, -0.1) is 11.8 Å². The third-order valence-corrected chi connectivity index (χ3v) is 3.65. The van der Waals surface area contributed by atoms with Gasteiger partial charge in [-0.25, -0.2) is 4.79 Å². The number of rotatable bonds is 9. The van der Waals surface area contributed by atoms with Crippen LogP contribution < -0.4 is 10.6 Å². The molecule has 20 heavy (non-hydrogen) atoms. The van der Waals surface area contributed by atoms with E-state index in [2.05, 4.69) is 41.8 Å². The number of hydrogen-bond acceptors (Lipinski definition) is 3. The van der Waals surface area contributed by atoms with Crippen LogP contribution in [-0.4, -0.2) is 38.1 Å². The molecule has 2 amide bonds. The molecule has 0 unspecified atom stereocenters. The molecule has 0 saturated carbocycles. The van der Waals surface area contributed by atoms with Crippen LogP contribution in [0.2, 0.25) is 0 Å². The van der Waals surface area contributed by atoms with Gasteiger partial charge in [-0.05, 0) is 32.4 Å². The highest BCUT2D eigenvalue weighted by Gasteiger charge is 1.99. The van der Waals surface area contributed by atoms with Crippen molar-refractivity contribution < 1.29 is 9.53 Å². The first-order valence-corrected chi connectivity index (χ1v) is 8.00. The van der Waals surface area contributed by atoms with Gasteiger partial charge in [0.05, 0.1) is 0 Å². The molecule has 5 heteroatoms. The third kappa shape index (κ3) is 8.07. The van der Waals surface area contributed by atoms with Crippen molar-refractivity contribution in [2.24, 2.45) is 0 Å². The van der Waals surface area contributed by atoms with E-state index in [4.69, 9.17) is 4.74 Å². The minimum absolute atomic E-state index is 0.106. The molecule has 0 aromatic heterocycles. The average molecular weight is 296 g/mol. The summed E-state index contributed by atoms with van der Waals surface area (Å²) in [5.41, 5.74) is 1.26. The van der Waals surface area contributed by atoms with Gasteiger partial charge in [0.25, 0.3) is 0 Å². The highest BCUT2D eigenvalue weighted by atomic mass is 32.2. The zero-order chi connectivity index (χ0) is 14.6. The lowest BCUT2D eigenvalue weighted by atomic mass is 10.2. The number of benzene rings is 1. The van der Waals surface area contributed by atoms with Crippen molar-refractivity contribution in [3.05, 3.63) is 29.8 Å². The molecule has 0 spiro atoms. The maximum Gasteiger partial charge on any atom is 0.314 e. The lowest BCUT2D eigenvalue weighted by Gasteiger charge is -2.07. The van der Waals surface area contributed by atoms with Gasteiger partial charge >= 0.3 is 6.03 Å². The predicted octanol–water partition coefficient (Wildman–Crippen LogP) is 2.81. The van der Waals surface area contributed by atoms with Crippen molar-refractivity contribution in [2.45, 2.75) is 25.2 Å². The molecular weight excluding hydrogens is 272 g/mol. The highest BCUT2D eigenvalue weighted by Crippen LogP contribution is 2.17. The Morgan fingerprint density at radius 1 is 1.20 bits per heavy atom. The maximum atomic E-state index is 11.5. The van der Waals surface area contributed by atoms with E-state index < -0.39 is 0 Å². The SMILES string of the molecule is CCOCCCNC(=O)NCCSc1ccc(C)cc1. The smallest absolute Gasteiger partial charge is 0.314 e. The number of nitrogens with one attached hydrogen (secondary N) is 2. The Hall–Kier alpha value is -1.20. The fraction of sp³-hybridized carbons (Fsp3) is 0.533. The Balaban J connectivity index is 2.00. The van der Waals surface area contributed by atoms with Crippen LogP contribution in [0.3, 0.4) is 0 Å². The third-order valence-electron chi connectivity index (χ3n) is 2.63. The zero-order valence-corrected chi connectivity index (χ0v) is 13.1. The summed E-state index contributed by atoms with van der Waals surface area (Å²) >= 11 is 1.74. The maximum absolute atomic E-state index is 11.5. The fourth-order valence-corrected chi connectivity index (χ4v) is 2.32. The largest absolute Gasteiger partial charge is 0.382 e. The van der Waals surface area contributed by atoms with E-state index in [0.29, 0.717) is 19.7 Å². The molecule has 0 radical (unpaired) electrons. The molecular formula is C15H24N2O2S. The summed E-state index contributed by atoms with van der Waals surface area (Å²) in [5.74, 6) is 0.870. The van der Waals surface area contributed by atoms with Gasteiger partial charge in [0.15, 0.2) is 0 Å². The molecule has 0 aliphatic heterocycles. The second-order valence-corrected chi connectivity index (χ2v) is 5.56. The summed E-state index contributed by atoms with van der Waals surface area (Å²) in [6, 6.07) is 8.30. The predicted molar refractivity (Wildman–Crippen MR) is 84.4 cm³/mol. The highest BCUT2D eigenvalue weighted by molar-refractivity contribution is 7.99. The number of carbonyl (C=O) groups is 1. The standard InChI is InChI=1S/C15H24N2O2S/c1-3-19-11-4-9-16-15(18)17-10-12-20-14-7-5-13(2)6-8-14/h5-8H,3-4,9-12H2,1-2H3,(H2,16,17,18). The number of thioether (sulfide) groups is 1. The molecule has 0 atom stereocenters. The number of amides is 2. The average Bonchev–Trinajstić information content (AvgIpc) is 2.45. The fourth-order valence-electron chi connectivity index (χ4n) is 1.55. The van der Waals surface area contributed by atoms with Crippen molar-refractivity contribution in [1.82, 2.24) is 10.6 Å². The molecule has 1 aromatic carbocycles. The summed E-state index contributed by atoms with van der Waals surface area (Å²) in [6.45, 7) is 6.77. The lowest BCUT2D eigenvalue weighted by molar-refractivity contribution is 0.145. The molecule has 0 fully saturated rings. The Bertz CT molecular complexity index is 382. The van der Waals surface area contributed by atoms with E-state index >= 15 is 0 Å². The number of hydrogen-bond donors (Lipinski definition) is 2. The molecule has 0 aliphatic rings. The van der Waals surface area contributed by atoms with E-state index in [-0.39, 0.29) is 6.03 Å². The summed E-state index contributed by atoms with van der Waals surface area (Å²) in [4.78, 5) is 12.7. The summed E-state index contributed by atoms with van der Waals surface area (Å²) in [7, 11) is 0. The van der Waals surface area contributed by atoms with Crippen LogP contribution >= 0.6 is 11.8 Å². The van der Waals surface area contributed by atoms with Crippen LogP contribution in [-0.2, 0) is 4.74 Å². The van der Waals surface area contributed by atoms with Gasteiger partial charge in [-0.1, -0.05) is 17.7 Å². The van der Waals surface area contributed by atoms with Crippen molar-refractivity contribution in [3.63, 3.8) is 0 Å². The molecule has 0 heterocycles. The number of urea groups is 1. The van der Waals surface area contributed by atoms with Gasteiger partial charge in [0.2, 0.25) is 0 Å². The Kier molecular flexibility index (Phi) is 8.91. The normalized spacial score (nSPS) is 10.3. The first-order chi connectivity index (χ1) is 9.72. The van der Waals surface area contributed by atoms with Crippen molar-refractivity contribution in [1.29, 1.82) is 0 Å². The minimum atomic E-state index is -0.106. The topological polar surface area (TPSA) is 50.4 Å². The quantitative estimate of drug-likeness (QED) is 0.544. The van der Waals surface area contributed by atoms with E-state index in [1.165, 1.54) is 10.5 Å². The molecule has 0 aliphatic carbocycles. The molecule has 1 aromatic rings. The van der Waals surface area contributed by atoms with Gasteiger partial charge < -0.3 is 15.4 Å². The van der Waals surface area contributed by atoms with Crippen molar-refractivity contribution >= 4 is 17.8 Å². The van der Waals surface area contributed by atoms with Crippen LogP contribution in [0.1, 0.15) is 18.9 Å². The molecule has 112 valence electrons. The molecule has 2 N–H and O–H groups in total. The minimum Gasteiger partial charge on any atom is -0.382 e. The van der Waals surface area contributed by atoms with Crippen LogP contribution in [0.5, 0.6) is 0 Å².